The number of hydrogen-bond acceptors (Lipinski definition) is 1. The van der Waals surface area contributed by atoms with E-state index in [1.807, 2.05) is 12.3 Å². The first kappa shape index (κ1) is 9.60. The van der Waals surface area contributed by atoms with E-state index in [0.717, 1.165) is 5.56 Å². The molecule has 1 aromatic rings. The lowest BCUT2D eigenvalue weighted by Gasteiger charge is -2.07. The van der Waals surface area contributed by atoms with Gasteiger partial charge in [0, 0.05) is 12.3 Å². The number of nitrogens with zero attached hydrogens (tertiary/aromatic N) is 1. The summed E-state index contributed by atoms with van der Waals surface area (Å²) in [4.78, 5) is 11.3. The molecule has 2 nitrogen and oxygen atoms in total. The lowest BCUT2D eigenvalue weighted by atomic mass is 10.1. The van der Waals surface area contributed by atoms with E-state index in [9.17, 15) is 4.79 Å². The van der Waals surface area contributed by atoms with Crippen LogP contribution in [-0.4, -0.2) is 4.57 Å². The summed E-state index contributed by atoms with van der Waals surface area (Å²) in [5.74, 6) is 2.87. The van der Waals surface area contributed by atoms with Crippen LogP contribution in [-0.2, 0) is 6.54 Å². The van der Waals surface area contributed by atoms with E-state index in [1.165, 1.54) is 0 Å². The van der Waals surface area contributed by atoms with Gasteiger partial charge in [0.15, 0.2) is 0 Å². The van der Waals surface area contributed by atoms with Gasteiger partial charge in [0.2, 0.25) is 0 Å². The number of hydrogen-bond donors (Lipinski definition) is 0. The maximum absolute atomic E-state index is 11.3. The highest BCUT2D eigenvalue weighted by molar-refractivity contribution is 5.14. The van der Waals surface area contributed by atoms with Gasteiger partial charge in [-0.25, -0.2) is 0 Å². The summed E-state index contributed by atoms with van der Waals surface area (Å²) >= 11 is 0. The van der Waals surface area contributed by atoms with Gasteiger partial charge in [-0.3, -0.25) is 4.79 Å². The highest BCUT2D eigenvalue weighted by atomic mass is 16.1. The summed E-state index contributed by atoms with van der Waals surface area (Å²) in [7, 11) is 0. The smallest absolute Gasteiger partial charge is 0.251 e. The summed E-state index contributed by atoms with van der Waals surface area (Å²) < 4.78 is 1.55. The van der Waals surface area contributed by atoms with E-state index >= 15 is 0 Å². The molecule has 0 unspecified atom stereocenters. The molecule has 1 rings (SSSR count). The van der Waals surface area contributed by atoms with Crippen LogP contribution in [0, 0.1) is 12.3 Å². The molecule has 0 radical (unpaired) electrons. The van der Waals surface area contributed by atoms with E-state index in [1.54, 1.807) is 10.6 Å². The van der Waals surface area contributed by atoms with Crippen molar-refractivity contribution in [2.24, 2.45) is 0 Å². The average Bonchev–Trinajstić information content (AvgIpc) is 2.08. The molecular weight excluding hydrogens is 162 g/mol. The largest absolute Gasteiger partial charge is 0.304 e. The molecule has 0 fully saturated rings. The molecule has 2 heteroatoms. The lowest BCUT2D eigenvalue weighted by molar-refractivity contribution is 0.758. The van der Waals surface area contributed by atoms with Crippen molar-refractivity contribution in [3.8, 4) is 12.3 Å². The van der Waals surface area contributed by atoms with Gasteiger partial charge < -0.3 is 4.57 Å². The lowest BCUT2D eigenvalue weighted by Crippen LogP contribution is -2.18. The second kappa shape index (κ2) is 3.95. The van der Waals surface area contributed by atoms with Crippen molar-refractivity contribution in [1.29, 1.82) is 0 Å². The second-order valence-corrected chi connectivity index (χ2v) is 3.29. The summed E-state index contributed by atoms with van der Waals surface area (Å²) in [5.41, 5.74) is 1.09. The maximum atomic E-state index is 11.3. The molecule has 0 bridgehead atoms. The molecule has 0 aliphatic rings. The van der Waals surface area contributed by atoms with Crippen molar-refractivity contribution in [2.45, 2.75) is 26.3 Å². The van der Waals surface area contributed by atoms with Gasteiger partial charge >= 0.3 is 0 Å². The van der Waals surface area contributed by atoms with Crippen molar-refractivity contribution in [3.63, 3.8) is 0 Å². The molecule has 0 spiro atoms. The van der Waals surface area contributed by atoms with Gasteiger partial charge in [-0.2, -0.15) is 0 Å². The van der Waals surface area contributed by atoms with Crippen molar-refractivity contribution >= 4 is 0 Å². The van der Waals surface area contributed by atoms with Gasteiger partial charge in [-0.05, 0) is 11.5 Å². The third-order valence-corrected chi connectivity index (χ3v) is 1.93. The molecule has 0 saturated heterocycles. The number of rotatable bonds is 2. The van der Waals surface area contributed by atoms with E-state index in [4.69, 9.17) is 6.42 Å². The van der Waals surface area contributed by atoms with Gasteiger partial charge in [-0.15, -0.1) is 6.42 Å². The first-order valence-corrected chi connectivity index (χ1v) is 4.29. The minimum absolute atomic E-state index is 0.0395. The van der Waals surface area contributed by atoms with Gasteiger partial charge in [0.05, 0.1) is 6.54 Å². The summed E-state index contributed by atoms with van der Waals surface area (Å²) in [5, 5.41) is 0. The van der Waals surface area contributed by atoms with Crippen LogP contribution in [0.5, 0.6) is 0 Å². The first-order chi connectivity index (χ1) is 6.15. The molecule has 68 valence electrons. The van der Waals surface area contributed by atoms with E-state index < -0.39 is 0 Å². The van der Waals surface area contributed by atoms with Gasteiger partial charge in [0.1, 0.15) is 0 Å². The fourth-order valence-corrected chi connectivity index (χ4v) is 1.11. The van der Waals surface area contributed by atoms with Gasteiger partial charge in [-0.1, -0.05) is 25.8 Å². The number of pyridine rings is 1. The van der Waals surface area contributed by atoms with Crippen molar-refractivity contribution in [1.82, 2.24) is 4.57 Å². The predicted octanol–water partition coefficient (Wildman–Crippen LogP) is 1.60. The summed E-state index contributed by atoms with van der Waals surface area (Å²) in [6.45, 7) is 4.51. The van der Waals surface area contributed by atoms with Crippen LogP contribution in [0.3, 0.4) is 0 Å². The van der Waals surface area contributed by atoms with E-state index in [2.05, 4.69) is 19.8 Å². The first-order valence-electron chi connectivity index (χ1n) is 4.29. The highest BCUT2D eigenvalue weighted by Crippen LogP contribution is 2.10. The van der Waals surface area contributed by atoms with Crippen LogP contribution < -0.4 is 5.56 Å². The maximum Gasteiger partial charge on any atom is 0.251 e. The molecule has 1 heterocycles. The number of aromatic nitrogens is 1. The van der Waals surface area contributed by atoms with Crippen LogP contribution in [0.2, 0.25) is 0 Å². The second-order valence-electron chi connectivity index (χ2n) is 3.29. The fraction of sp³-hybridized carbons (Fsp3) is 0.364. The molecule has 0 saturated carbocycles. The van der Waals surface area contributed by atoms with Gasteiger partial charge in [0.25, 0.3) is 5.56 Å². The van der Waals surface area contributed by atoms with Crippen molar-refractivity contribution < 1.29 is 0 Å². The molecular formula is C11H13NO. The molecule has 0 aromatic carbocycles. The normalized spacial score (nSPS) is 10.0. The Labute approximate surface area is 78.2 Å². The van der Waals surface area contributed by atoms with Crippen LogP contribution in [0.25, 0.3) is 0 Å². The fourth-order valence-electron chi connectivity index (χ4n) is 1.11. The van der Waals surface area contributed by atoms with Crippen LogP contribution in [0.4, 0.5) is 0 Å². The number of terminal acetylenes is 1. The monoisotopic (exact) mass is 175 g/mol. The predicted molar refractivity (Wildman–Crippen MR) is 53.6 cm³/mol. The Balaban J connectivity index is 3.13. The quantitative estimate of drug-likeness (QED) is 0.626. The average molecular weight is 175 g/mol. The SMILES string of the molecule is C#CCn1cc(C(C)C)ccc1=O. The molecule has 0 aliphatic carbocycles. The van der Waals surface area contributed by atoms with Crippen molar-refractivity contribution in [3.05, 3.63) is 34.2 Å². The minimum atomic E-state index is -0.0395. The Hall–Kier alpha value is -1.49. The minimum Gasteiger partial charge on any atom is -0.304 e. The molecule has 1 aromatic heterocycles. The Morgan fingerprint density at radius 2 is 2.23 bits per heavy atom. The van der Waals surface area contributed by atoms with Crippen molar-refractivity contribution in [2.75, 3.05) is 0 Å². The molecule has 0 atom stereocenters. The molecule has 0 N–H and O–H groups in total. The standard InChI is InChI=1S/C11H13NO/c1-4-7-12-8-10(9(2)3)5-6-11(12)13/h1,5-6,8-9H,7H2,2-3H3. The van der Waals surface area contributed by atoms with Crippen LogP contribution in [0.15, 0.2) is 23.1 Å². The summed E-state index contributed by atoms with van der Waals surface area (Å²) in [6.07, 6.45) is 6.97. The van der Waals surface area contributed by atoms with E-state index in [0.29, 0.717) is 12.5 Å². The topological polar surface area (TPSA) is 22.0 Å². The third kappa shape index (κ3) is 2.22. The molecule has 0 aliphatic heterocycles. The zero-order chi connectivity index (χ0) is 9.84. The Kier molecular flexibility index (Phi) is 2.92. The highest BCUT2D eigenvalue weighted by Gasteiger charge is 2.00. The Morgan fingerprint density at radius 3 is 2.77 bits per heavy atom. The zero-order valence-electron chi connectivity index (χ0n) is 7.95. The Morgan fingerprint density at radius 1 is 1.54 bits per heavy atom. The Bertz CT molecular complexity index is 382. The molecule has 13 heavy (non-hydrogen) atoms. The van der Waals surface area contributed by atoms with E-state index in [-0.39, 0.29) is 5.56 Å². The summed E-state index contributed by atoms with van der Waals surface area (Å²) in [6, 6.07) is 3.41. The van der Waals surface area contributed by atoms with Crippen LogP contribution >= 0.6 is 0 Å². The molecule has 0 amide bonds. The van der Waals surface area contributed by atoms with Crippen LogP contribution in [0.1, 0.15) is 25.3 Å². The zero-order valence-corrected chi connectivity index (χ0v) is 7.95. The third-order valence-electron chi connectivity index (χ3n) is 1.93.